The van der Waals surface area contributed by atoms with Gasteiger partial charge in [0.1, 0.15) is 18.0 Å². The Morgan fingerprint density at radius 3 is 3.17 bits per heavy atom. The van der Waals surface area contributed by atoms with Crippen molar-refractivity contribution in [2.24, 2.45) is 0 Å². The fourth-order valence-corrected chi connectivity index (χ4v) is 2.09. The molecule has 1 aliphatic heterocycles. The van der Waals surface area contributed by atoms with Crippen LogP contribution in [0.2, 0.25) is 0 Å². The van der Waals surface area contributed by atoms with Crippen LogP contribution >= 0.6 is 0 Å². The summed E-state index contributed by atoms with van der Waals surface area (Å²) in [6.45, 7) is 4.23. The van der Waals surface area contributed by atoms with Crippen LogP contribution in [0.1, 0.15) is 18.6 Å². The average molecular weight is 246 g/mol. The van der Waals surface area contributed by atoms with Gasteiger partial charge in [0, 0.05) is 25.6 Å². The first-order chi connectivity index (χ1) is 8.76. The second kappa shape index (κ2) is 4.25. The lowest BCUT2D eigenvalue weighted by molar-refractivity contribution is 0.554. The fourth-order valence-electron chi connectivity index (χ4n) is 2.09. The molecule has 2 aromatic heterocycles. The lowest BCUT2D eigenvalue weighted by Gasteiger charge is -2.27. The second-order valence-corrected chi connectivity index (χ2v) is 4.27. The quantitative estimate of drug-likeness (QED) is 0.803. The molecule has 0 atom stereocenters. The molecule has 0 radical (unpaired) electrons. The number of aryl methyl sites for hydroxylation is 1. The molecule has 0 fully saturated rings. The SMILES string of the molecule is CCc1nc(N2CCn3cnnc3C2)cc(=O)[nH]1. The molecule has 0 saturated heterocycles. The topological polar surface area (TPSA) is 79.7 Å². The van der Waals surface area contributed by atoms with Gasteiger partial charge in [0.25, 0.3) is 5.56 Å². The maximum Gasteiger partial charge on any atom is 0.252 e. The Bertz CT molecular complexity index is 616. The van der Waals surface area contributed by atoms with Gasteiger partial charge in [0.05, 0.1) is 6.54 Å². The maximum atomic E-state index is 11.6. The van der Waals surface area contributed by atoms with Crippen LogP contribution in [0.3, 0.4) is 0 Å². The van der Waals surface area contributed by atoms with Gasteiger partial charge >= 0.3 is 0 Å². The molecule has 0 saturated carbocycles. The minimum Gasteiger partial charge on any atom is -0.347 e. The van der Waals surface area contributed by atoms with E-state index in [0.29, 0.717) is 24.6 Å². The van der Waals surface area contributed by atoms with E-state index in [2.05, 4.69) is 25.1 Å². The number of rotatable bonds is 2. The number of hydrogen-bond donors (Lipinski definition) is 1. The summed E-state index contributed by atoms with van der Waals surface area (Å²) in [5, 5.41) is 7.94. The Kier molecular flexibility index (Phi) is 2.58. The van der Waals surface area contributed by atoms with Crippen molar-refractivity contribution in [1.29, 1.82) is 0 Å². The van der Waals surface area contributed by atoms with Crippen molar-refractivity contribution >= 4 is 5.82 Å². The van der Waals surface area contributed by atoms with E-state index in [-0.39, 0.29) is 5.56 Å². The molecule has 0 amide bonds. The minimum absolute atomic E-state index is 0.108. The number of fused-ring (bicyclic) bond motifs is 1. The number of aromatic nitrogens is 5. The van der Waals surface area contributed by atoms with Crippen LogP contribution in [0.4, 0.5) is 5.82 Å². The van der Waals surface area contributed by atoms with Gasteiger partial charge in [0.15, 0.2) is 5.82 Å². The van der Waals surface area contributed by atoms with Gasteiger partial charge in [-0.2, -0.15) is 0 Å². The summed E-state index contributed by atoms with van der Waals surface area (Å²) < 4.78 is 2.02. The minimum atomic E-state index is -0.108. The van der Waals surface area contributed by atoms with E-state index in [4.69, 9.17) is 0 Å². The fraction of sp³-hybridized carbons (Fsp3) is 0.455. The molecule has 1 N–H and O–H groups in total. The first-order valence-electron chi connectivity index (χ1n) is 5.98. The molecule has 1 aliphatic rings. The summed E-state index contributed by atoms with van der Waals surface area (Å²) in [4.78, 5) is 20.8. The molecule has 7 nitrogen and oxygen atoms in total. The lowest BCUT2D eigenvalue weighted by atomic mass is 10.3. The first kappa shape index (κ1) is 10.9. The summed E-state index contributed by atoms with van der Waals surface area (Å²) in [6.07, 6.45) is 2.45. The van der Waals surface area contributed by atoms with E-state index in [1.165, 1.54) is 6.07 Å². The van der Waals surface area contributed by atoms with Gasteiger partial charge in [0.2, 0.25) is 0 Å². The zero-order valence-electron chi connectivity index (χ0n) is 10.1. The van der Waals surface area contributed by atoms with Crippen molar-refractivity contribution in [2.75, 3.05) is 11.4 Å². The van der Waals surface area contributed by atoms with Gasteiger partial charge in [-0.3, -0.25) is 4.79 Å². The summed E-state index contributed by atoms with van der Waals surface area (Å²) in [5.74, 6) is 2.33. The standard InChI is InChI=1S/C11H14N6O/c1-2-8-13-9(5-11(18)14-8)16-3-4-17-7-12-15-10(17)6-16/h5,7H,2-4,6H2,1H3,(H,13,14,18). The highest BCUT2D eigenvalue weighted by Crippen LogP contribution is 2.16. The lowest BCUT2D eigenvalue weighted by Crippen LogP contribution is -2.35. The van der Waals surface area contributed by atoms with Crippen LogP contribution in [0, 0.1) is 0 Å². The number of hydrogen-bond acceptors (Lipinski definition) is 5. The predicted octanol–water partition coefficient (Wildman–Crippen LogP) is -0.0560. The van der Waals surface area contributed by atoms with Gasteiger partial charge in [-0.15, -0.1) is 10.2 Å². The number of aromatic amines is 1. The van der Waals surface area contributed by atoms with Crippen molar-refractivity contribution in [3.8, 4) is 0 Å². The predicted molar refractivity (Wildman–Crippen MR) is 65.3 cm³/mol. The molecule has 0 spiro atoms. The number of nitrogens with one attached hydrogen (secondary N) is 1. The van der Waals surface area contributed by atoms with Crippen LogP contribution in [0.15, 0.2) is 17.2 Å². The molecule has 0 bridgehead atoms. The third-order valence-corrected chi connectivity index (χ3v) is 3.07. The summed E-state index contributed by atoms with van der Waals surface area (Å²) in [6, 6.07) is 1.53. The molecular formula is C11H14N6O. The van der Waals surface area contributed by atoms with Crippen LogP contribution in [0.5, 0.6) is 0 Å². The number of nitrogens with zero attached hydrogens (tertiary/aromatic N) is 5. The van der Waals surface area contributed by atoms with Gasteiger partial charge in [-0.05, 0) is 0 Å². The molecule has 0 aromatic carbocycles. The third kappa shape index (κ3) is 1.87. The highest BCUT2D eigenvalue weighted by molar-refractivity contribution is 5.38. The van der Waals surface area contributed by atoms with Crippen molar-refractivity contribution in [3.05, 3.63) is 34.4 Å². The Balaban J connectivity index is 1.92. The summed E-state index contributed by atoms with van der Waals surface area (Å²) in [7, 11) is 0. The first-order valence-corrected chi connectivity index (χ1v) is 5.98. The zero-order chi connectivity index (χ0) is 12.5. The molecule has 0 aliphatic carbocycles. The Labute approximate surface area is 103 Å². The zero-order valence-corrected chi connectivity index (χ0v) is 10.1. The molecule has 0 unspecified atom stereocenters. The highest BCUT2D eigenvalue weighted by Gasteiger charge is 2.19. The summed E-state index contributed by atoms with van der Waals surface area (Å²) in [5.41, 5.74) is -0.108. The average Bonchev–Trinajstić information content (AvgIpc) is 2.85. The summed E-state index contributed by atoms with van der Waals surface area (Å²) >= 11 is 0. The van der Waals surface area contributed by atoms with Gasteiger partial charge < -0.3 is 14.5 Å². The Morgan fingerprint density at radius 1 is 1.44 bits per heavy atom. The number of anilines is 1. The van der Waals surface area contributed by atoms with Crippen molar-refractivity contribution < 1.29 is 0 Å². The normalized spacial score (nSPS) is 14.6. The van der Waals surface area contributed by atoms with Crippen LogP contribution in [-0.4, -0.2) is 31.3 Å². The number of H-pyrrole nitrogens is 1. The maximum absolute atomic E-state index is 11.6. The van der Waals surface area contributed by atoms with E-state index >= 15 is 0 Å². The van der Waals surface area contributed by atoms with Crippen LogP contribution in [-0.2, 0) is 19.5 Å². The van der Waals surface area contributed by atoms with Crippen molar-refractivity contribution in [2.45, 2.75) is 26.4 Å². The molecule has 7 heteroatoms. The molecule has 18 heavy (non-hydrogen) atoms. The third-order valence-electron chi connectivity index (χ3n) is 3.07. The van der Waals surface area contributed by atoms with Crippen molar-refractivity contribution in [1.82, 2.24) is 24.7 Å². The van der Waals surface area contributed by atoms with E-state index in [1.54, 1.807) is 6.33 Å². The Hall–Kier alpha value is -2.18. The smallest absolute Gasteiger partial charge is 0.252 e. The molecular weight excluding hydrogens is 232 g/mol. The van der Waals surface area contributed by atoms with E-state index < -0.39 is 0 Å². The van der Waals surface area contributed by atoms with E-state index in [0.717, 1.165) is 18.9 Å². The Morgan fingerprint density at radius 2 is 2.33 bits per heavy atom. The molecule has 3 rings (SSSR count). The second-order valence-electron chi connectivity index (χ2n) is 4.27. The molecule has 94 valence electrons. The highest BCUT2D eigenvalue weighted by atomic mass is 16.1. The van der Waals surface area contributed by atoms with E-state index in [1.807, 2.05) is 11.5 Å². The largest absolute Gasteiger partial charge is 0.347 e. The van der Waals surface area contributed by atoms with Crippen LogP contribution < -0.4 is 10.5 Å². The van der Waals surface area contributed by atoms with E-state index in [9.17, 15) is 4.79 Å². The van der Waals surface area contributed by atoms with Crippen LogP contribution in [0.25, 0.3) is 0 Å². The monoisotopic (exact) mass is 246 g/mol. The molecule has 2 aromatic rings. The van der Waals surface area contributed by atoms with Gasteiger partial charge in [-0.1, -0.05) is 6.92 Å². The molecule has 3 heterocycles. The van der Waals surface area contributed by atoms with Gasteiger partial charge in [-0.25, -0.2) is 4.98 Å². The van der Waals surface area contributed by atoms with Crippen molar-refractivity contribution in [3.63, 3.8) is 0 Å².